The molecular weight excluding hydrogens is 200 g/mol. The minimum Gasteiger partial charge on any atom is -0.374 e. The van der Waals surface area contributed by atoms with Crippen LogP contribution in [0.15, 0.2) is 24.5 Å². The normalized spacial score (nSPS) is 26.9. The summed E-state index contributed by atoms with van der Waals surface area (Å²) in [6, 6.07) is 4.41. The van der Waals surface area contributed by atoms with Crippen molar-refractivity contribution in [1.82, 2.24) is 10.3 Å². The van der Waals surface area contributed by atoms with Crippen LogP contribution in [-0.4, -0.2) is 23.7 Å². The molecule has 0 radical (unpaired) electrons. The Kier molecular flexibility index (Phi) is 3.91. The molecule has 3 nitrogen and oxygen atoms in total. The van der Waals surface area contributed by atoms with Gasteiger partial charge in [-0.3, -0.25) is 4.98 Å². The first-order chi connectivity index (χ1) is 7.75. The number of nitrogens with zero attached hydrogens (tertiary/aromatic N) is 1. The van der Waals surface area contributed by atoms with Gasteiger partial charge < -0.3 is 10.1 Å². The van der Waals surface area contributed by atoms with E-state index in [4.69, 9.17) is 4.74 Å². The summed E-state index contributed by atoms with van der Waals surface area (Å²) in [6.45, 7) is 5.24. The van der Waals surface area contributed by atoms with Crippen molar-refractivity contribution < 1.29 is 4.74 Å². The van der Waals surface area contributed by atoms with Gasteiger partial charge >= 0.3 is 0 Å². The van der Waals surface area contributed by atoms with Gasteiger partial charge in [0.05, 0.1) is 12.2 Å². The van der Waals surface area contributed by atoms with Crippen LogP contribution in [0.2, 0.25) is 0 Å². The third-order valence-corrected chi connectivity index (χ3v) is 3.16. The second-order valence-corrected chi connectivity index (χ2v) is 4.56. The Balaban J connectivity index is 1.78. The van der Waals surface area contributed by atoms with Crippen LogP contribution in [0.25, 0.3) is 0 Å². The van der Waals surface area contributed by atoms with Crippen molar-refractivity contribution in [2.75, 3.05) is 6.54 Å². The molecule has 3 atom stereocenters. The van der Waals surface area contributed by atoms with Crippen molar-refractivity contribution in [3.63, 3.8) is 0 Å². The van der Waals surface area contributed by atoms with Gasteiger partial charge in [0.25, 0.3) is 0 Å². The first-order valence-electron chi connectivity index (χ1n) is 6.04. The summed E-state index contributed by atoms with van der Waals surface area (Å²) in [5, 5.41) is 3.50. The van der Waals surface area contributed by atoms with Crippen LogP contribution >= 0.6 is 0 Å². The molecular formula is C13H20N2O. The Hall–Kier alpha value is -0.930. The number of hydrogen-bond donors (Lipinski definition) is 1. The molecule has 1 aromatic heterocycles. The van der Waals surface area contributed by atoms with E-state index in [9.17, 15) is 0 Å². The molecule has 2 heterocycles. The second kappa shape index (κ2) is 5.41. The maximum absolute atomic E-state index is 5.77. The molecule has 16 heavy (non-hydrogen) atoms. The summed E-state index contributed by atoms with van der Waals surface area (Å²) in [6.07, 6.45) is 6.89. The number of aromatic nitrogens is 1. The highest BCUT2D eigenvalue weighted by molar-refractivity contribution is 5.12. The Morgan fingerprint density at radius 1 is 1.56 bits per heavy atom. The van der Waals surface area contributed by atoms with Crippen LogP contribution in [0.5, 0.6) is 0 Å². The van der Waals surface area contributed by atoms with Crippen molar-refractivity contribution in [2.24, 2.45) is 0 Å². The van der Waals surface area contributed by atoms with Crippen LogP contribution in [0.4, 0.5) is 0 Å². The standard InChI is InChI=1S/C13H20N2O/c1-10-5-6-13(16-10)9-15-11(2)12-4-3-7-14-8-12/h3-4,7-8,10-11,13,15H,5-6,9H2,1-2H3/t10?,11-,13?/m1/s1. The maximum atomic E-state index is 5.77. The van der Waals surface area contributed by atoms with E-state index in [1.54, 1.807) is 6.20 Å². The van der Waals surface area contributed by atoms with Crippen molar-refractivity contribution in [3.05, 3.63) is 30.1 Å². The van der Waals surface area contributed by atoms with Gasteiger partial charge in [0.2, 0.25) is 0 Å². The van der Waals surface area contributed by atoms with Gasteiger partial charge in [0.15, 0.2) is 0 Å². The predicted octanol–water partition coefficient (Wildman–Crippen LogP) is 2.30. The molecule has 2 unspecified atom stereocenters. The lowest BCUT2D eigenvalue weighted by Crippen LogP contribution is -2.29. The van der Waals surface area contributed by atoms with Crippen molar-refractivity contribution in [2.45, 2.75) is 44.9 Å². The molecule has 3 heteroatoms. The third kappa shape index (κ3) is 3.03. The van der Waals surface area contributed by atoms with Crippen LogP contribution in [-0.2, 0) is 4.74 Å². The average Bonchev–Trinajstić information content (AvgIpc) is 2.73. The molecule has 0 aromatic carbocycles. The fraction of sp³-hybridized carbons (Fsp3) is 0.615. The van der Waals surface area contributed by atoms with E-state index in [2.05, 4.69) is 30.2 Å². The van der Waals surface area contributed by atoms with Gasteiger partial charge in [-0.1, -0.05) is 6.07 Å². The number of rotatable bonds is 4. The topological polar surface area (TPSA) is 34.2 Å². The molecule has 88 valence electrons. The minimum atomic E-state index is 0.341. The third-order valence-electron chi connectivity index (χ3n) is 3.16. The highest BCUT2D eigenvalue weighted by Crippen LogP contribution is 2.19. The molecule has 1 saturated heterocycles. The largest absolute Gasteiger partial charge is 0.374 e. The smallest absolute Gasteiger partial charge is 0.0704 e. The lowest BCUT2D eigenvalue weighted by molar-refractivity contribution is 0.0546. The zero-order valence-corrected chi connectivity index (χ0v) is 10.0. The zero-order valence-electron chi connectivity index (χ0n) is 10.0. The molecule has 2 rings (SSSR count). The second-order valence-electron chi connectivity index (χ2n) is 4.56. The summed E-state index contributed by atoms with van der Waals surface area (Å²) < 4.78 is 5.77. The lowest BCUT2D eigenvalue weighted by Gasteiger charge is -2.17. The average molecular weight is 220 g/mol. The Bertz CT molecular complexity index is 315. The Labute approximate surface area is 97.2 Å². The molecule has 1 aromatic rings. The minimum absolute atomic E-state index is 0.341. The van der Waals surface area contributed by atoms with Crippen molar-refractivity contribution in [1.29, 1.82) is 0 Å². The molecule has 1 aliphatic rings. The number of pyridine rings is 1. The van der Waals surface area contributed by atoms with E-state index in [0.717, 1.165) is 6.54 Å². The molecule has 1 fully saturated rings. The number of nitrogens with one attached hydrogen (secondary N) is 1. The fourth-order valence-electron chi connectivity index (χ4n) is 2.09. The first kappa shape index (κ1) is 11.6. The van der Waals surface area contributed by atoms with Gasteiger partial charge in [-0.25, -0.2) is 0 Å². The molecule has 0 aliphatic carbocycles. The van der Waals surface area contributed by atoms with Gasteiger partial charge in [-0.15, -0.1) is 0 Å². The van der Waals surface area contributed by atoms with E-state index < -0.39 is 0 Å². The maximum Gasteiger partial charge on any atom is 0.0704 e. The number of ether oxygens (including phenoxy) is 1. The van der Waals surface area contributed by atoms with Gasteiger partial charge in [-0.2, -0.15) is 0 Å². The Morgan fingerprint density at radius 2 is 2.44 bits per heavy atom. The molecule has 0 saturated carbocycles. The van der Waals surface area contributed by atoms with Crippen molar-refractivity contribution >= 4 is 0 Å². The van der Waals surface area contributed by atoms with Gasteiger partial charge in [0.1, 0.15) is 0 Å². The Morgan fingerprint density at radius 3 is 3.06 bits per heavy atom. The lowest BCUT2D eigenvalue weighted by atomic mass is 10.1. The first-order valence-corrected chi connectivity index (χ1v) is 6.04. The van der Waals surface area contributed by atoms with E-state index >= 15 is 0 Å². The van der Waals surface area contributed by atoms with E-state index in [0.29, 0.717) is 18.2 Å². The zero-order chi connectivity index (χ0) is 11.4. The van der Waals surface area contributed by atoms with Crippen LogP contribution < -0.4 is 5.32 Å². The summed E-state index contributed by atoms with van der Waals surface area (Å²) in [5.74, 6) is 0. The predicted molar refractivity (Wildman–Crippen MR) is 64.2 cm³/mol. The summed E-state index contributed by atoms with van der Waals surface area (Å²) >= 11 is 0. The summed E-state index contributed by atoms with van der Waals surface area (Å²) in [7, 11) is 0. The van der Waals surface area contributed by atoms with Crippen LogP contribution in [0, 0.1) is 0 Å². The van der Waals surface area contributed by atoms with Gasteiger partial charge in [0, 0.05) is 25.0 Å². The highest BCUT2D eigenvalue weighted by Gasteiger charge is 2.21. The van der Waals surface area contributed by atoms with E-state index in [-0.39, 0.29) is 0 Å². The molecule has 0 amide bonds. The van der Waals surface area contributed by atoms with E-state index in [1.807, 2.05) is 12.3 Å². The summed E-state index contributed by atoms with van der Waals surface area (Å²) in [5.41, 5.74) is 1.23. The molecule has 0 spiro atoms. The van der Waals surface area contributed by atoms with Crippen LogP contribution in [0.1, 0.15) is 38.3 Å². The van der Waals surface area contributed by atoms with Crippen LogP contribution in [0.3, 0.4) is 0 Å². The fourth-order valence-corrected chi connectivity index (χ4v) is 2.09. The molecule has 1 N–H and O–H groups in total. The molecule has 1 aliphatic heterocycles. The van der Waals surface area contributed by atoms with E-state index in [1.165, 1.54) is 18.4 Å². The number of hydrogen-bond acceptors (Lipinski definition) is 3. The summed E-state index contributed by atoms with van der Waals surface area (Å²) in [4.78, 5) is 4.13. The quantitative estimate of drug-likeness (QED) is 0.845. The SMILES string of the molecule is CC1CCC(CN[C@H](C)c2cccnc2)O1. The molecule has 0 bridgehead atoms. The van der Waals surface area contributed by atoms with Crippen molar-refractivity contribution in [3.8, 4) is 0 Å². The monoisotopic (exact) mass is 220 g/mol. The van der Waals surface area contributed by atoms with Gasteiger partial charge in [-0.05, 0) is 38.3 Å². The highest BCUT2D eigenvalue weighted by atomic mass is 16.5.